The molecular formula is C26H36BrNO3. The molecular weight excluding hydrogens is 454 g/mol. The molecule has 1 aromatic carbocycles. The molecule has 1 aromatic rings. The predicted molar refractivity (Wildman–Crippen MR) is 126 cm³/mol. The number of fused-ring (bicyclic) bond motifs is 5. The number of rotatable bonds is 4. The van der Waals surface area contributed by atoms with Crippen LogP contribution in [0.4, 0.5) is 0 Å². The van der Waals surface area contributed by atoms with Crippen molar-refractivity contribution < 1.29 is 14.7 Å². The molecule has 0 bridgehead atoms. The van der Waals surface area contributed by atoms with Gasteiger partial charge in [-0.25, -0.2) is 4.79 Å². The van der Waals surface area contributed by atoms with Gasteiger partial charge in [-0.1, -0.05) is 13.0 Å². The highest BCUT2D eigenvalue weighted by molar-refractivity contribution is 9.10. The summed E-state index contributed by atoms with van der Waals surface area (Å²) in [5.41, 5.74) is 2.99. The van der Waals surface area contributed by atoms with Crippen LogP contribution in [0.2, 0.25) is 0 Å². The van der Waals surface area contributed by atoms with Crippen molar-refractivity contribution in [2.45, 2.75) is 91.1 Å². The summed E-state index contributed by atoms with van der Waals surface area (Å²) in [6.45, 7) is 10.9. The summed E-state index contributed by atoms with van der Waals surface area (Å²) in [6.07, 6.45) is 6.34. The van der Waals surface area contributed by atoms with Gasteiger partial charge in [0.15, 0.2) is 0 Å². The van der Waals surface area contributed by atoms with Crippen LogP contribution < -0.4 is 0 Å². The first-order valence-corrected chi connectivity index (χ1v) is 12.7. The molecule has 3 aliphatic rings. The van der Waals surface area contributed by atoms with E-state index in [0.29, 0.717) is 29.2 Å². The summed E-state index contributed by atoms with van der Waals surface area (Å²) >= 11 is 3.59. The van der Waals surface area contributed by atoms with Gasteiger partial charge in [0.25, 0.3) is 0 Å². The van der Waals surface area contributed by atoms with Crippen LogP contribution >= 0.6 is 15.9 Å². The second-order valence-electron chi connectivity index (χ2n) is 10.8. The second-order valence-corrected chi connectivity index (χ2v) is 11.6. The summed E-state index contributed by atoms with van der Waals surface area (Å²) in [4.78, 5) is 27.3. The van der Waals surface area contributed by atoms with E-state index in [-0.39, 0.29) is 23.4 Å². The Morgan fingerprint density at radius 1 is 1.10 bits per heavy atom. The molecule has 1 N–H and O–H groups in total. The Morgan fingerprint density at radius 2 is 1.77 bits per heavy atom. The van der Waals surface area contributed by atoms with Gasteiger partial charge in [-0.05, 0) is 123 Å². The van der Waals surface area contributed by atoms with Crippen LogP contribution in [0.25, 0.3) is 0 Å². The van der Waals surface area contributed by atoms with E-state index in [0.717, 1.165) is 43.0 Å². The highest BCUT2D eigenvalue weighted by Gasteiger charge is 2.57. The van der Waals surface area contributed by atoms with Crippen molar-refractivity contribution in [2.24, 2.45) is 23.2 Å². The molecule has 2 fully saturated rings. The number of carboxylic acid groups (broad SMARTS) is 1. The lowest BCUT2D eigenvalue weighted by atomic mass is 9.54. The maximum absolute atomic E-state index is 13.7. The standard InChI is InChI=1S/C26H36BrNO3/c1-14(2)28(15(3)4)24(29)22-11-10-21-18-7-8-19-16(17(18)12-13-26(21,22)5)6-9-20(23(19)27)25(30)31/h6,9,14-15,17-18,21-22H,7-8,10-13H2,1-5H3,(H,30,31)/t17-,18-,21+,22-,26+/m1/s1. The first kappa shape index (κ1) is 22.8. The predicted octanol–water partition coefficient (Wildman–Crippen LogP) is 6.27. The number of carboxylic acids is 1. The van der Waals surface area contributed by atoms with Crippen molar-refractivity contribution in [3.63, 3.8) is 0 Å². The smallest absolute Gasteiger partial charge is 0.336 e. The van der Waals surface area contributed by atoms with E-state index >= 15 is 0 Å². The van der Waals surface area contributed by atoms with Gasteiger partial charge in [0, 0.05) is 22.5 Å². The maximum atomic E-state index is 13.7. The summed E-state index contributed by atoms with van der Waals surface area (Å²) in [6, 6.07) is 4.30. The van der Waals surface area contributed by atoms with E-state index in [1.54, 1.807) is 6.07 Å². The van der Waals surface area contributed by atoms with Gasteiger partial charge < -0.3 is 10.0 Å². The lowest BCUT2D eigenvalue weighted by Crippen LogP contribution is -2.50. The van der Waals surface area contributed by atoms with Crippen LogP contribution in [0.15, 0.2) is 16.6 Å². The van der Waals surface area contributed by atoms with Crippen LogP contribution in [-0.2, 0) is 11.2 Å². The minimum absolute atomic E-state index is 0.0794. The first-order chi connectivity index (χ1) is 14.6. The van der Waals surface area contributed by atoms with E-state index < -0.39 is 5.97 Å². The molecule has 0 spiro atoms. The van der Waals surface area contributed by atoms with Gasteiger partial charge in [0.1, 0.15) is 0 Å². The van der Waals surface area contributed by atoms with E-state index in [9.17, 15) is 14.7 Å². The zero-order valence-electron chi connectivity index (χ0n) is 19.5. The lowest BCUT2D eigenvalue weighted by molar-refractivity contribution is -0.144. The van der Waals surface area contributed by atoms with Crippen molar-refractivity contribution in [1.82, 2.24) is 4.90 Å². The highest BCUT2D eigenvalue weighted by Crippen LogP contribution is 2.63. The van der Waals surface area contributed by atoms with Crippen molar-refractivity contribution >= 4 is 27.8 Å². The summed E-state index contributed by atoms with van der Waals surface area (Å²) in [5.74, 6) is 1.28. The van der Waals surface area contributed by atoms with Crippen molar-refractivity contribution in [2.75, 3.05) is 0 Å². The third kappa shape index (κ3) is 3.55. The fraction of sp³-hybridized carbons (Fsp3) is 0.692. The van der Waals surface area contributed by atoms with Crippen LogP contribution in [0.3, 0.4) is 0 Å². The molecule has 5 heteroatoms. The van der Waals surface area contributed by atoms with Crippen LogP contribution in [0, 0.1) is 23.2 Å². The number of carbonyl (C=O) groups excluding carboxylic acids is 1. The molecule has 4 rings (SSSR count). The summed E-state index contributed by atoms with van der Waals surface area (Å²) in [7, 11) is 0. The molecule has 31 heavy (non-hydrogen) atoms. The van der Waals surface area contributed by atoms with Gasteiger partial charge >= 0.3 is 5.97 Å². The normalized spacial score (nSPS) is 31.9. The van der Waals surface area contributed by atoms with Gasteiger partial charge in [-0.2, -0.15) is 0 Å². The summed E-state index contributed by atoms with van der Waals surface area (Å²) in [5, 5.41) is 9.49. The average molecular weight is 490 g/mol. The van der Waals surface area contributed by atoms with E-state index in [1.165, 1.54) is 11.1 Å². The van der Waals surface area contributed by atoms with E-state index in [4.69, 9.17) is 0 Å². The molecule has 3 aliphatic carbocycles. The monoisotopic (exact) mass is 489 g/mol. The molecule has 2 saturated carbocycles. The maximum Gasteiger partial charge on any atom is 0.336 e. The molecule has 0 unspecified atom stereocenters. The minimum atomic E-state index is -0.870. The third-order valence-electron chi connectivity index (χ3n) is 8.74. The Labute approximate surface area is 194 Å². The number of benzene rings is 1. The Balaban J connectivity index is 1.62. The number of carbonyl (C=O) groups is 2. The van der Waals surface area contributed by atoms with Gasteiger partial charge in [0.05, 0.1) is 5.56 Å². The zero-order valence-corrected chi connectivity index (χ0v) is 21.0. The number of nitrogens with zero attached hydrogens (tertiary/aromatic N) is 1. The fourth-order valence-electron chi connectivity index (χ4n) is 7.48. The molecule has 5 atom stereocenters. The largest absolute Gasteiger partial charge is 0.478 e. The molecule has 0 aromatic heterocycles. The number of hydrogen-bond acceptors (Lipinski definition) is 2. The van der Waals surface area contributed by atoms with Gasteiger partial charge in [-0.3, -0.25) is 4.79 Å². The number of hydrogen-bond donors (Lipinski definition) is 1. The molecule has 1 amide bonds. The molecule has 4 nitrogen and oxygen atoms in total. The lowest BCUT2D eigenvalue weighted by Gasteiger charge is -2.51. The Hall–Kier alpha value is -1.36. The average Bonchev–Trinajstić information content (AvgIpc) is 3.04. The van der Waals surface area contributed by atoms with Crippen LogP contribution in [0.1, 0.15) is 94.1 Å². The molecule has 170 valence electrons. The van der Waals surface area contributed by atoms with Crippen LogP contribution in [0.5, 0.6) is 0 Å². The highest BCUT2D eigenvalue weighted by atomic mass is 79.9. The fourth-order valence-corrected chi connectivity index (χ4v) is 8.21. The third-order valence-corrected chi connectivity index (χ3v) is 9.65. The minimum Gasteiger partial charge on any atom is -0.478 e. The Bertz CT molecular complexity index is 887. The SMILES string of the molecule is CC(C)N(C(=O)[C@H]1CC[C@H]2[C@@H]3CCc4c(ccc(C(=O)O)c4Br)[C@H]3CC[C@]12C)C(C)C. The number of amides is 1. The quantitative estimate of drug-likeness (QED) is 0.542. The Morgan fingerprint density at radius 3 is 2.39 bits per heavy atom. The molecule has 0 heterocycles. The van der Waals surface area contributed by atoms with Crippen LogP contribution in [-0.4, -0.2) is 34.0 Å². The topological polar surface area (TPSA) is 57.6 Å². The molecule has 0 aliphatic heterocycles. The molecule has 0 saturated heterocycles. The van der Waals surface area contributed by atoms with Gasteiger partial charge in [-0.15, -0.1) is 0 Å². The Kier molecular flexibility index (Phi) is 6.04. The van der Waals surface area contributed by atoms with E-state index in [1.807, 2.05) is 0 Å². The van der Waals surface area contributed by atoms with Crippen molar-refractivity contribution in [3.05, 3.63) is 33.3 Å². The number of aromatic carboxylic acids is 1. The van der Waals surface area contributed by atoms with E-state index in [2.05, 4.69) is 61.5 Å². The number of halogens is 1. The summed E-state index contributed by atoms with van der Waals surface area (Å²) < 4.78 is 0.772. The molecule has 0 radical (unpaired) electrons. The van der Waals surface area contributed by atoms with Gasteiger partial charge in [0.2, 0.25) is 5.91 Å². The second kappa shape index (κ2) is 8.20. The van der Waals surface area contributed by atoms with Crippen molar-refractivity contribution in [3.8, 4) is 0 Å². The zero-order chi connectivity index (χ0) is 22.7. The first-order valence-electron chi connectivity index (χ1n) is 11.9. The van der Waals surface area contributed by atoms with Crippen molar-refractivity contribution in [1.29, 1.82) is 0 Å².